The molecule has 0 aliphatic carbocycles. The van der Waals surface area contributed by atoms with Gasteiger partial charge in [-0.3, -0.25) is 0 Å². The first-order chi connectivity index (χ1) is 26.3. The second-order valence-electron chi connectivity index (χ2n) is 14.0. The number of nitrogens with zero attached hydrogens (tertiary/aromatic N) is 1. The first kappa shape index (κ1) is 28.6. The Balaban J connectivity index is 1.08. The third kappa shape index (κ3) is 4.05. The van der Waals surface area contributed by atoms with E-state index in [1.807, 2.05) is 0 Å². The maximum Gasteiger partial charge on any atom is 0.136 e. The molecule has 3 aromatic heterocycles. The fourth-order valence-electron chi connectivity index (χ4n) is 8.90. The third-order valence-electron chi connectivity index (χ3n) is 11.2. The van der Waals surface area contributed by atoms with E-state index in [-0.39, 0.29) is 0 Å². The second kappa shape index (κ2) is 10.7. The van der Waals surface area contributed by atoms with E-state index in [2.05, 4.69) is 180 Å². The Labute approximate surface area is 303 Å². The average Bonchev–Trinajstić information content (AvgIpc) is 3.91. The number of benzene rings is 9. The molecule has 0 spiro atoms. The highest BCUT2D eigenvalue weighted by Crippen LogP contribution is 2.46. The van der Waals surface area contributed by atoms with Crippen LogP contribution in [-0.4, -0.2) is 4.57 Å². The maximum absolute atomic E-state index is 6.78. The number of furan rings is 2. The van der Waals surface area contributed by atoms with Gasteiger partial charge in [0.15, 0.2) is 0 Å². The van der Waals surface area contributed by atoms with E-state index in [4.69, 9.17) is 8.83 Å². The monoisotopic (exact) mass is 675 g/mol. The summed E-state index contributed by atoms with van der Waals surface area (Å²) in [6.45, 7) is 0. The van der Waals surface area contributed by atoms with E-state index in [1.54, 1.807) is 0 Å². The van der Waals surface area contributed by atoms with Gasteiger partial charge in [0, 0.05) is 38.2 Å². The number of hydrogen-bond acceptors (Lipinski definition) is 2. The van der Waals surface area contributed by atoms with Crippen molar-refractivity contribution in [2.24, 2.45) is 0 Å². The molecule has 12 rings (SSSR count). The second-order valence-corrected chi connectivity index (χ2v) is 14.0. The molecule has 9 aromatic carbocycles. The molecule has 53 heavy (non-hydrogen) atoms. The van der Waals surface area contributed by atoms with Gasteiger partial charge in [-0.25, -0.2) is 0 Å². The molecule has 0 radical (unpaired) electrons. The number of hydrogen-bond donors (Lipinski definition) is 0. The van der Waals surface area contributed by atoms with Crippen LogP contribution in [0.2, 0.25) is 0 Å². The van der Waals surface area contributed by atoms with Gasteiger partial charge >= 0.3 is 0 Å². The molecular formula is C50H29NO2. The van der Waals surface area contributed by atoms with Crippen LogP contribution in [0.3, 0.4) is 0 Å². The van der Waals surface area contributed by atoms with Crippen molar-refractivity contribution in [3.63, 3.8) is 0 Å². The van der Waals surface area contributed by atoms with Crippen molar-refractivity contribution in [2.45, 2.75) is 0 Å². The van der Waals surface area contributed by atoms with Crippen LogP contribution < -0.4 is 0 Å². The molecule has 0 bridgehead atoms. The topological polar surface area (TPSA) is 31.2 Å². The van der Waals surface area contributed by atoms with Gasteiger partial charge in [0.05, 0.1) is 11.0 Å². The summed E-state index contributed by atoms with van der Waals surface area (Å²) in [7, 11) is 0. The van der Waals surface area contributed by atoms with E-state index >= 15 is 0 Å². The van der Waals surface area contributed by atoms with Gasteiger partial charge in [-0.1, -0.05) is 121 Å². The molecule has 3 heteroatoms. The Hall–Kier alpha value is -7.10. The predicted octanol–water partition coefficient (Wildman–Crippen LogP) is 14.2. The Morgan fingerprint density at radius 3 is 1.60 bits per heavy atom. The van der Waals surface area contributed by atoms with Gasteiger partial charge in [0.2, 0.25) is 0 Å². The van der Waals surface area contributed by atoms with Crippen LogP contribution in [0, 0.1) is 0 Å². The number of fused-ring (bicyclic) bond motifs is 11. The summed E-state index contributed by atoms with van der Waals surface area (Å²) in [5.41, 5.74) is 9.65. The highest BCUT2D eigenvalue weighted by molar-refractivity contribution is 6.23. The van der Waals surface area contributed by atoms with E-state index in [1.165, 1.54) is 48.9 Å². The summed E-state index contributed by atoms with van der Waals surface area (Å²) >= 11 is 0. The van der Waals surface area contributed by atoms with Crippen LogP contribution in [0.5, 0.6) is 0 Å². The summed E-state index contributed by atoms with van der Waals surface area (Å²) in [5.74, 6) is 0.862. The molecule has 0 unspecified atom stereocenters. The highest BCUT2D eigenvalue weighted by Gasteiger charge is 2.21. The van der Waals surface area contributed by atoms with Crippen molar-refractivity contribution < 1.29 is 8.83 Å². The van der Waals surface area contributed by atoms with E-state index in [0.717, 1.165) is 66.3 Å². The SMILES string of the molecule is c1ccc2c(c1)ccc1oc3ccc(-c4c5ccccc5c(-c5cc6cc(-n7c8ccccc8c8ccccc87)ccc6o5)c5ccccc45)cc3c12. The van der Waals surface area contributed by atoms with Crippen molar-refractivity contribution in [3.8, 4) is 28.1 Å². The molecular weight excluding hydrogens is 647 g/mol. The van der Waals surface area contributed by atoms with Gasteiger partial charge in [-0.15, -0.1) is 0 Å². The van der Waals surface area contributed by atoms with Gasteiger partial charge in [0.25, 0.3) is 0 Å². The first-order valence-electron chi connectivity index (χ1n) is 18.1. The molecule has 0 saturated carbocycles. The molecule has 3 nitrogen and oxygen atoms in total. The lowest BCUT2D eigenvalue weighted by molar-refractivity contribution is 0.633. The van der Waals surface area contributed by atoms with Crippen LogP contribution >= 0.6 is 0 Å². The Bertz CT molecular complexity index is 3360. The number of aromatic nitrogens is 1. The van der Waals surface area contributed by atoms with Crippen LogP contribution in [0.4, 0.5) is 0 Å². The summed E-state index contributed by atoms with van der Waals surface area (Å²) in [6.07, 6.45) is 0. The minimum absolute atomic E-state index is 0.862. The van der Waals surface area contributed by atoms with E-state index in [0.29, 0.717) is 0 Å². The highest BCUT2D eigenvalue weighted by atomic mass is 16.3. The quantitative estimate of drug-likeness (QED) is 0.175. The maximum atomic E-state index is 6.78. The molecule has 0 aliphatic heterocycles. The summed E-state index contributed by atoms with van der Waals surface area (Å²) in [4.78, 5) is 0. The number of para-hydroxylation sites is 2. The number of rotatable bonds is 3. The summed E-state index contributed by atoms with van der Waals surface area (Å²) in [5, 5.41) is 13.0. The fourth-order valence-corrected chi connectivity index (χ4v) is 8.90. The zero-order chi connectivity index (χ0) is 34.6. The lowest BCUT2D eigenvalue weighted by Gasteiger charge is -2.16. The molecule has 0 fully saturated rings. The van der Waals surface area contributed by atoms with Crippen LogP contribution in [0.1, 0.15) is 0 Å². The molecule has 0 amide bonds. The summed E-state index contributed by atoms with van der Waals surface area (Å²) < 4.78 is 15.5. The molecule has 3 heterocycles. The molecule has 0 N–H and O–H groups in total. The van der Waals surface area contributed by atoms with Crippen molar-refractivity contribution in [1.29, 1.82) is 0 Å². The lowest BCUT2D eigenvalue weighted by Crippen LogP contribution is -1.92. The Morgan fingerprint density at radius 2 is 0.906 bits per heavy atom. The van der Waals surface area contributed by atoms with Gasteiger partial charge < -0.3 is 13.4 Å². The molecule has 0 saturated heterocycles. The molecule has 0 atom stereocenters. The van der Waals surface area contributed by atoms with E-state index in [9.17, 15) is 0 Å². The van der Waals surface area contributed by atoms with Crippen molar-refractivity contribution in [1.82, 2.24) is 4.57 Å². The molecule has 12 aromatic rings. The third-order valence-corrected chi connectivity index (χ3v) is 11.2. The largest absolute Gasteiger partial charge is 0.456 e. The first-order valence-corrected chi connectivity index (χ1v) is 18.1. The standard InChI is InChI=1S/C50H29NO2/c1-2-12-34-30(11-1)21-25-46-49(34)41-28-31(22-24-45(41)53-46)48-37-15-3-5-17-39(37)50(40-18-6-4-16-38(40)48)47-29-32-27-33(23-26-44(32)52-47)51-42-19-9-7-13-35(42)36-14-8-10-20-43(36)51/h1-29H. The zero-order valence-electron chi connectivity index (χ0n) is 28.5. The normalized spacial score (nSPS) is 12.2. The minimum Gasteiger partial charge on any atom is -0.456 e. The minimum atomic E-state index is 0.862. The Kier molecular flexibility index (Phi) is 5.77. The van der Waals surface area contributed by atoms with Gasteiger partial charge in [-0.05, 0) is 98.0 Å². The van der Waals surface area contributed by atoms with Crippen LogP contribution in [0.15, 0.2) is 185 Å². The predicted molar refractivity (Wildman–Crippen MR) is 221 cm³/mol. The average molecular weight is 676 g/mol. The lowest BCUT2D eigenvalue weighted by atomic mass is 9.87. The van der Waals surface area contributed by atoms with Gasteiger partial charge in [-0.2, -0.15) is 0 Å². The van der Waals surface area contributed by atoms with Crippen molar-refractivity contribution in [2.75, 3.05) is 0 Å². The molecule has 0 aliphatic rings. The molecule has 246 valence electrons. The zero-order valence-corrected chi connectivity index (χ0v) is 28.5. The Morgan fingerprint density at radius 1 is 0.340 bits per heavy atom. The fraction of sp³-hybridized carbons (Fsp3) is 0. The van der Waals surface area contributed by atoms with Crippen molar-refractivity contribution >= 4 is 87.0 Å². The van der Waals surface area contributed by atoms with Crippen LogP contribution in [-0.2, 0) is 0 Å². The smallest absolute Gasteiger partial charge is 0.136 e. The van der Waals surface area contributed by atoms with Gasteiger partial charge in [0.1, 0.15) is 22.5 Å². The van der Waals surface area contributed by atoms with Crippen LogP contribution in [0.25, 0.3) is 115 Å². The summed E-state index contributed by atoms with van der Waals surface area (Å²) in [6, 6.07) is 63.0. The van der Waals surface area contributed by atoms with Crippen molar-refractivity contribution in [3.05, 3.63) is 176 Å². The van der Waals surface area contributed by atoms with E-state index < -0.39 is 0 Å².